The minimum absolute atomic E-state index is 0.0241. The van der Waals surface area contributed by atoms with Crippen molar-refractivity contribution in [3.63, 3.8) is 0 Å². The van der Waals surface area contributed by atoms with E-state index in [1.807, 2.05) is 10.6 Å². The predicted octanol–water partition coefficient (Wildman–Crippen LogP) is 3.73. The summed E-state index contributed by atoms with van der Waals surface area (Å²) in [5.74, 6) is -0.134. The maximum Gasteiger partial charge on any atom is 0.226 e. The number of carbonyl (C=O) groups excluding carboxylic acids is 1. The molecule has 1 aliphatic carbocycles. The summed E-state index contributed by atoms with van der Waals surface area (Å²) >= 11 is 9.10. The molecule has 1 saturated carbocycles. The molecule has 5 rings (SSSR count). The van der Waals surface area contributed by atoms with Gasteiger partial charge in [0.15, 0.2) is 4.77 Å². The number of rotatable bonds is 4. The number of carbonyl (C=O) groups is 1. The Bertz CT molecular complexity index is 1080. The molecule has 2 aromatic rings. The van der Waals surface area contributed by atoms with Crippen LogP contribution in [0.1, 0.15) is 43.5 Å². The zero-order valence-corrected chi connectivity index (χ0v) is 18.3. The molecule has 2 atom stereocenters. The third-order valence-corrected chi connectivity index (χ3v) is 7.53. The number of fused-ring (bicyclic) bond motifs is 3. The van der Waals surface area contributed by atoms with Gasteiger partial charge in [-0.1, -0.05) is 15.9 Å². The molecule has 29 heavy (non-hydrogen) atoms. The number of hydrogen-bond donors (Lipinski definition) is 1. The summed E-state index contributed by atoms with van der Waals surface area (Å²) in [6.45, 7) is 1.93. The molecule has 3 aliphatic rings. The largest absolute Gasteiger partial charge is 0.381 e. The van der Waals surface area contributed by atoms with Gasteiger partial charge in [-0.25, -0.2) is 4.39 Å². The lowest BCUT2D eigenvalue weighted by Crippen LogP contribution is -2.39. The second-order valence-corrected chi connectivity index (χ2v) is 9.58. The van der Waals surface area contributed by atoms with E-state index in [2.05, 4.69) is 21.2 Å². The van der Waals surface area contributed by atoms with Crippen LogP contribution in [0.25, 0.3) is 0 Å². The molecular formula is C21H23BrFN3O2S. The first-order valence-corrected chi connectivity index (χ1v) is 11.1. The lowest BCUT2D eigenvalue weighted by atomic mass is 9.93. The van der Waals surface area contributed by atoms with Crippen LogP contribution in [0.4, 0.5) is 4.39 Å². The van der Waals surface area contributed by atoms with Gasteiger partial charge in [0.1, 0.15) is 5.82 Å². The molecular weight excluding hydrogens is 457 g/mol. The number of benzene rings is 1. The van der Waals surface area contributed by atoms with Crippen LogP contribution in [0, 0.1) is 10.6 Å². The summed E-state index contributed by atoms with van der Waals surface area (Å²) in [6.07, 6.45) is 2.66. The summed E-state index contributed by atoms with van der Waals surface area (Å²) < 4.78 is 33.2. The van der Waals surface area contributed by atoms with Crippen molar-refractivity contribution in [2.24, 2.45) is 7.02 Å². The second kappa shape index (κ2) is 7.03. The number of halogens is 2. The van der Waals surface area contributed by atoms with Crippen LogP contribution in [0.15, 0.2) is 22.7 Å². The SMILES string of the molecule is [2H]Cn1c(CC(=O)NC2CCOCC2)c2n(c1=S)C[C@@]1(c3cc(Br)ccc3F)C[C@@H]21. The van der Waals surface area contributed by atoms with E-state index in [-0.39, 0.29) is 42.5 Å². The van der Waals surface area contributed by atoms with Crippen molar-refractivity contribution >= 4 is 34.1 Å². The Hall–Kier alpha value is -1.51. The highest BCUT2D eigenvalue weighted by Gasteiger charge is 2.63. The Morgan fingerprint density at radius 2 is 2.28 bits per heavy atom. The quantitative estimate of drug-likeness (QED) is 0.678. The molecule has 8 heteroatoms. The average molecular weight is 481 g/mol. The van der Waals surface area contributed by atoms with E-state index in [9.17, 15) is 9.18 Å². The minimum atomic E-state index is -0.302. The van der Waals surface area contributed by atoms with Crippen molar-refractivity contribution in [1.29, 1.82) is 0 Å². The minimum Gasteiger partial charge on any atom is -0.381 e. The van der Waals surface area contributed by atoms with Crippen molar-refractivity contribution < 1.29 is 15.3 Å². The summed E-state index contributed by atoms with van der Waals surface area (Å²) in [5.41, 5.74) is 2.21. The van der Waals surface area contributed by atoms with Crippen molar-refractivity contribution in [3.8, 4) is 0 Å². The highest BCUT2D eigenvalue weighted by atomic mass is 79.9. The Balaban J connectivity index is 1.45. The maximum absolute atomic E-state index is 14.7. The van der Waals surface area contributed by atoms with Gasteiger partial charge in [-0.3, -0.25) is 4.79 Å². The Kier molecular flexibility index (Phi) is 4.43. The molecule has 1 amide bonds. The number of imidazole rings is 1. The van der Waals surface area contributed by atoms with Gasteiger partial charge in [-0.05, 0) is 55.2 Å². The van der Waals surface area contributed by atoms with Crippen LogP contribution < -0.4 is 5.32 Å². The summed E-state index contributed by atoms with van der Waals surface area (Å²) in [4.78, 5) is 12.8. The van der Waals surface area contributed by atoms with E-state index in [1.165, 1.54) is 6.07 Å². The van der Waals surface area contributed by atoms with Gasteiger partial charge in [0, 0.05) is 61.4 Å². The molecule has 3 heterocycles. The van der Waals surface area contributed by atoms with Crippen LogP contribution >= 0.6 is 28.1 Å². The Morgan fingerprint density at radius 1 is 1.48 bits per heavy atom. The van der Waals surface area contributed by atoms with E-state index < -0.39 is 0 Å². The number of nitrogens with one attached hydrogen (secondary N) is 1. The zero-order valence-electron chi connectivity index (χ0n) is 16.9. The number of aromatic nitrogens is 2. The van der Waals surface area contributed by atoms with Gasteiger partial charge in [0.25, 0.3) is 0 Å². The van der Waals surface area contributed by atoms with Crippen molar-refractivity contribution in [2.45, 2.75) is 49.6 Å². The molecule has 1 aromatic heterocycles. The maximum atomic E-state index is 14.7. The van der Waals surface area contributed by atoms with Crippen molar-refractivity contribution in [3.05, 3.63) is 50.2 Å². The van der Waals surface area contributed by atoms with Gasteiger partial charge in [-0.15, -0.1) is 0 Å². The van der Waals surface area contributed by atoms with Crippen molar-refractivity contribution in [1.82, 2.24) is 14.5 Å². The summed E-state index contributed by atoms with van der Waals surface area (Å²) in [5, 5.41) is 3.10. The lowest BCUT2D eigenvalue weighted by molar-refractivity contribution is -0.121. The highest BCUT2D eigenvalue weighted by molar-refractivity contribution is 9.10. The normalized spacial score (nSPS) is 26.0. The first kappa shape index (κ1) is 18.3. The molecule has 154 valence electrons. The summed E-state index contributed by atoms with van der Waals surface area (Å²) in [6, 6.07) is 5.20. The topological polar surface area (TPSA) is 48.2 Å². The molecule has 2 aliphatic heterocycles. The van der Waals surface area contributed by atoms with Crippen LogP contribution in [0.3, 0.4) is 0 Å². The van der Waals surface area contributed by atoms with Crippen LogP contribution in [-0.4, -0.2) is 34.3 Å². The molecule has 2 fully saturated rings. The first-order valence-electron chi connectivity index (χ1n) is 10.6. The first-order chi connectivity index (χ1) is 14.4. The lowest BCUT2D eigenvalue weighted by Gasteiger charge is -2.23. The highest BCUT2D eigenvalue weighted by Crippen LogP contribution is 2.66. The number of ether oxygens (including phenoxy) is 1. The number of nitrogens with zero attached hydrogens (tertiary/aromatic N) is 2. The molecule has 0 unspecified atom stereocenters. The van der Waals surface area contributed by atoms with E-state index >= 15 is 0 Å². The fourth-order valence-corrected chi connectivity index (χ4v) is 5.68. The fraction of sp³-hybridized carbons (Fsp3) is 0.524. The third-order valence-electron chi connectivity index (χ3n) is 6.60. The molecule has 5 nitrogen and oxygen atoms in total. The van der Waals surface area contributed by atoms with E-state index in [0.29, 0.717) is 30.1 Å². The number of amides is 1. The van der Waals surface area contributed by atoms with Crippen LogP contribution in [0.5, 0.6) is 0 Å². The van der Waals surface area contributed by atoms with Gasteiger partial charge >= 0.3 is 0 Å². The average Bonchev–Trinajstić information content (AvgIpc) is 3.26. The Morgan fingerprint density at radius 3 is 3.03 bits per heavy atom. The Labute approximate surface area is 183 Å². The standard InChI is InChI=1S/C21H23BrFN3O2S/c1-25-17(9-18(27)24-13-4-6-28-7-5-13)19-15-10-21(15,11-26(19)20(25)29)14-8-12(22)2-3-16(14)23/h2-3,8,13,15H,4-7,9-11H2,1H3,(H,24,27)/t15-,21+/m0/s1/i1D. The summed E-state index contributed by atoms with van der Waals surface area (Å²) in [7, 11) is -0.0241. The monoisotopic (exact) mass is 480 g/mol. The predicted molar refractivity (Wildman–Crippen MR) is 113 cm³/mol. The molecule has 1 N–H and O–H groups in total. The fourth-order valence-electron chi connectivity index (χ4n) is 5.04. The molecule has 1 saturated heterocycles. The number of hydrogen-bond acceptors (Lipinski definition) is 3. The molecule has 1 aromatic carbocycles. The van der Waals surface area contributed by atoms with Gasteiger partial charge in [-0.2, -0.15) is 0 Å². The van der Waals surface area contributed by atoms with Gasteiger partial charge in [0.05, 0.1) is 6.42 Å². The second-order valence-electron chi connectivity index (χ2n) is 8.30. The third kappa shape index (κ3) is 3.11. The van der Waals surface area contributed by atoms with E-state index in [4.69, 9.17) is 18.3 Å². The van der Waals surface area contributed by atoms with E-state index in [0.717, 1.165) is 35.1 Å². The zero-order chi connectivity index (χ0) is 21.0. The molecule has 0 bridgehead atoms. The molecule has 0 spiro atoms. The van der Waals surface area contributed by atoms with Crippen molar-refractivity contribution in [2.75, 3.05) is 13.2 Å². The van der Waals surface area contributed by atoms with Crippen LogP contribution in [-0.2, 0) is 34.9 Å². The smallest absolute Gasteiger partial charge is 0.226 e. The molecule has 0 radical (unpaired) electrons. The van der Waals surface area contributed by atoms with Gasteiger partial charge < -0.3 is 19.2 Å². The van der Waals surface area contributed by atoms with E-state index in [1.54, 1.807) is 10.6 Å². The van der Waals surface area contributed by atoms with Crippen LogP contribution in [0.2, 0.25) is 0 Å². The van der Waals surface area contributed by atoms with Gasteiger partial charge in [0.2, 0.25) is 5.91 Å².